The van der Waals surface area contributed by atoms with E-state index in [0.29, 0.717) is 16.3 Å². The van der Waals surface area contributed by atoms with Gasteiger partial charge >= 0.3 is 0 Å². The zero-order valence-electron chi connectivity index (χ0n) is 14.2. The van der Waals surface area contributed by atoms with E-state index in [2.05, 4.69) is 20.8 Å². The minimum absolute atomic E-state index is 0.165. The van der Waals surface area contributed by atoms with Crippen LogP contribution in [0.25, 0.3) is 5.69 Å². The first-order valence-electron chi connectivity index (χ1n) is 8.50. The Kier molecular flexibility index (Phi) is 4.60. The van der Waals surface area contributed by atoms with Crippen LogP contribution in [0.4, 0.5) is 5.69 Å². The summed E-state index contributed by atoms with van der Waals surface area (Å²) >= 11 is 6.12. The highest BCUT2D eigenvalue weighted by Crippen LogP contribution is 2.24. The molecule has 1 aliphatic rings. The third-order valence-corrected chi connectivity index (χ3v) is 4.42. The van der Waals surface area contributed by atoms with Gasteiger partial charge in [-0.05, 0) is 43.2 Å². The summed E-state index contributed by atoms with van der Waals surface area (Å²) in [5.41, 5.74) is 1.70. The van der Waals surface area contributed by atoms with Gasteiger partial charge < -0.3 is 10.6 Å². The van der Waals surface area contributed by atoms with E-state index in [4.69, 9.17) is 11.6 Å². The molecule has 2 N–H and O–H groups in total. The monoisotopic (exact) mass is 381 g/mol. The second-order valence-electron chi connectivity index (χ2n) is 6.25. The fourth-order valence-corrected chi connectivity index (χ4v) is 2.72. The predicted molar refractivity (Wildman–Crippen MR) is 101 cm³/mol. The quantitative estimate of drug-likeness (QED) is 0.710. The van der Waals surface area contributed by atoms with E-state index in [0.717, 1.165) is 18.5 Å². The van der Waals surface area contributed by atoms with Gasteiger partial charge in [0.1, 0.15) is 0 Å². The van der Waals surface area contributed by atoms with Crippen LogP contribution in [-0.4, -0.2) is 32.9 Å². The highest BCUT2D eigenvalue weighted by molar-refractivity contribution is 6.34. The molecule has 1 saturated carbocycles. The smallest absolute Gasteiger partial charge is 0.277 e. The Bertz CT molecular complexity index is 998. The molecule has 1 fully saturated rings. The lowest BCUT2D eigenvalue weighted by Gasteiger charge is -2.09. The van der Waals surface area contributed by atoms with Crippen molar-refractivity contribution in [3.05, 3.63) is 71.0 Å². The standard InChI is InChI=1S/C19H16ClN5O2/c20-16-9-8-13(10-15(16)18(26)22-12-6-7-12)23-19(27)17-11-21-25(24-17)14-4-2-1-3-5-14/h1-5,8-12H,6-7H2,(H,22,26)(H,23,27). The van der Waals surface area contributed by atoms with Crippen molar-refractivity contribution in [2.24, 2.45) is 0 Å². The molecule has 0 aliphatic heterocycles. The number of anilines is 1. The van der Waals surface area contributed by atoms with Crippen LogP contribution in [0.2, 0.25) is 5.02 Å². The Morgan fingerprint density at radius 1 is 1.07 bits per heavy atom. The first kappa shape index (κ1) is 17.2. The van der Waals surface area contributed by atoms with Crippen molar-refractivity contribution in [1.29, 1.82) is 0 Å². The molecule has 3 aromatic rings. The molecule has 136 valence electrons. The molecule has 8 heteroatoms. The number of hydrogen-bond acceptors (Lipinski definition) is 4. The summed E-state index contributed by atoms with van der Waals surface area (Å²) in [5, 5.41) is 14.2. The van der Waals surface area contributed by atoms with Crippen LogP contribution < -0.4 is 10.6 Å². The fourth-order valence-electron chi connectivity index (χ4n) is 2.52. The van der Waals surface area contributed by atoms with E-state index in [9.17, 15) is 9.59 Å². The number of carbonyl (C=O) groups excluding carboxylic acids is 2. The maximum absolute atomic E-state index is 12.5. The number of benzene rings is 2. The van der Waals surface area contributed by atoms with Gasteiger partial charge in [-0.2, -0.15) is 9.90 Å². The molecule has 0 spiro atoms. The summed E-state index contributed by atoms with van der Waals surface area (Å²) in [4.78, 5) is 26.1. The van der Waals surface area contributed by atoms with Crippen LogP contribution in [-0.2, 0) is 0 Å². The lowest BCUT2D eigenvalue weighted by Crippen LogP contribution is -2.25. The van der Waals surface area contributed by atoms with Crippen LogP contribution in [0, 0.1) is 0 Å². The number of rotatable bonds is 5. The number of nitrogens with zero attached hydrogens (tertiary/aromatic N) is 3. The number of hydrogen-bond donors (Lipinski definition) is 2. The minimum atomic E-state index is -0.423. The third-order valence-electron chi connectivity index (χ3n) is 4.09. The average Bonchev–Trinajstić information content (AvgIpc) is 3.35. The summed E-state index contributed by atoms with van der Waals surface area (Å²) in [6.45, 7) is 0. The van der Waals surface area contributed by atoms with Crippen LogP contribution in [0.15, 0.2) is 54.7 Å². The number of halogens is 1. The Hall–Kier alpha value is -3.19. The van der Waals surface area contributed by atoms with Gasteiger partial charge in [-0.25, -0.2) is 0 Å². The fraction of sp³-hybridized carbons (Fsp3) is 0.158. The van der Waals surface area contributed by atoms with Gasteiger partial charge in [0.05, 0.1) is 22.5 Å². The van der Waals surface area contributed by atoms with E-state index >= 15 is 0 Å². The van der Waals surface area contributed by atoms with E-state index < -0.39 is 5.91 Å². The molecule has 0 saturated heterocycles. The molecule has 0 unspecified atom stereocenters. The van der Waals surface area contributed by atoms with Crippen LogP contribution in [0.3, 0.4) is 0 Å². The van der Waals surface area contributed by atoms with Crippen molar-refractivity contribution in [1.82, 2.24) is 20.3 Å². The summed E-state index contributed by atoms with van der Waals surface area (Å²) in [7, 11) is 0. The summed E-state index contributed by atoms with van der Waals surface area (Å²) in [5.74, 6) is -0.665. The van der Waals surface area contributed by atoms with Gasteiger partial charge in [-0.1, -0.05) is 29.8 Å². The van der Waals surface area contributed by atoms with Crippen molar-refractivity contribution in [2.75, 3.05) is 5.32 Å². The van der Waals surface area contributed by atoms with E-state index in [1.165, 1.54) is 11.0 Å². The Morgan fingerprint density at radius 2 is 1.85 bits per heavy atom. The zero-order chi connectivity index (χ0) is 18.8. The van der Waals surface area contributed by atoms with E-state index in [1.54, 1.807) is 18.2 Å². The van der Waals surface area contributed by atoms with Gasteiger partial charge in [0, 0.05) is 11.7 Å². The number of nitrogens with one attached hydrogen (secondary N) is 2. The largest absolute Gasteiger partial charge is 0.349 e. The molecule has 27 heavy (non-hydrogen) atoms. The van der Waals surface area contributed by atoms with Gasteiger partial charge in [0.15, 0.2) is 5.69 Å². The predicted octanol–water partition coefficient (Wildman–Crippen LogP) is 3.07. The van der Waals surface area contributed by atoms with Crippen molar-refractivity contribution in [3.63, 3.8) is 0 Å². The topological polar surface area (TPSA) is 88.9 Å². The number of carbonyl (C=O) groups is 2. The minimum Gasteiger partial charge on any atom is -0.349 e. The highest BCUT2D eigenvalue weighted by atomic mass is 35.5. The Morgan fingerprint density at radius 3 is 2.59 bits per heavy atom. The molecular weight excluding hydrogens is 366 g/mol. The number of amides is 2. The van der Waals surface area contributed by atoms with E-state index in [-0.39, 0.29) is 17.6 Å². The molecule has 1 heterocycles. The number of para-hydroxylation sites is 1. The Balaban J connectivity index is 1.49. The molecular formula is C19H16ClN5O2. The van der Waals surface area contributed by atoms with Crippen molar-refractivity contribution in [2.45, 2.75) is 18.9 Å². The highest BCUT2D eigenvalue weighted by Gasteiger charge is 2.25. The number of aromatic nitrogens is 3. The molecule has 7 nitrogen and oxygen atoms in total. The van der Waals surface area contributed by atoms with Crippen molar-refractivity contribution in [3.8, 4) is 5.69 Å². The summed E-state index contributed by atoms with van der Waals surface area (Å²) in [6, 6.07) is 14.3. The Labute approximate surface area is 160 Å². The zero-order valence-corrected chi connectivity index (χ0v) is 15.0. The normalized spacial score (nSPS) is 13.2. The first-order chi connectivity index (χ1) is 13.1. The van der Waals surface area contributed by atoms with Crippen LogP contribution in [0.5, 0.6) is 0 Å². The third kappa shape index (κ3) is 3.98. The molecule has 1 aliphatic carbocycles. The lowest BCUT2D eigenvalue weighted by atomic mass is 10.2. The molecule has 0 atom stereocenters. The van der Waals surface area contributed by atoms with Crippen LogP contribution >= 0.6 is 11.6 Å². The molecule has 0 radical (unpaired) electrons. The first-order valence-corrected chi connectivity index (χ1v) is 8.87. The summed E-state index contributed by atoms with van der Waals surface area (Å²) in [6.07, 6.45) is 3.35. The maximum Gasteiger partial charge on any atom is 0.277 e. The average molecular weight is 382 g/mol. The molecule has 0 bridgehead atoms. The molecule has 1 aromatic heterocycles. The van der Waals surface area contributed by atoms with Gasteiger partial charge in [-0.3, -0.25) is 9.59 Å². The molecule has 4 rings (SSSR count). The molecule has 2 aromatic carbocycles. The van der Waals surface area contributed by atoms with Crippen molar-refractivity contribution >= 4 is 29.1 Å². The van der Waals surface area contributed by atoms with Gasteiger partial charge in [0.25, 0.3) is 11.8 Å². The van der Waals surface area contributed by atoms with Gasteiger partial charge in [-0.15, -0.1) is 5.10 Å². The second kappa shape index (κ2) is 7.20. The SMILES string of the molecule is O=C(Nc1ccc(Cl)c(C(=O)NC2CC2)c1)c1cnn(-c2ccccc2)n1. The van der Waals surface area contributed by atoms with Crippen molar-refractivity contribution < 1.29 is 9.59 Å². The summed E-state index contributed by atoms with van der Waals surface area (Å²) < 4.78 is 0. The van der Waals surface area contributed by atoms with Crippen LogP contribution in [0.1, 0.15) is 33.7 Å². The van der Waals surface area contributed by atoms with Gasteiger partial charge in [0.2, 0.25) is 0 Å². The maximum atomic E-state index is 12.5. The second-order valence-corrected chi connectivity index (χ2v) is 6.66. The lowest BCUT2D eigenvalue weighted by molar-refractivity contribution is 0.0949. The molecule has 2 amide bonds. The van der Waals surface area contributed by atoms with E-state index in [1.807, 2.05) is 30.3 Å².